The summed E-state index contributed by atoms with van der Waals surface area (Å²) < 4.78 is 1.04. The van der Waals surface area contributed by atoms with E-state index in [2.05, 4.69) is 15.9 Å². The molecule has 1 aromatic rings. The molecular weight excluding hydrogens is 281 g/mol. The summed E-state index contributed by atoms with van der Waals surface area (Å²) in [5.41, 5.74) is 1.18. The molecule has 1 radical (unpaired) electrons. The SMILES string of the molecule is O=C[B]N1C(=O)CC[C@H]1Cc1ccc(Br)cc1. The van der Waals surface area contributed by atoms with Gasteiger partial charge in [-0.3, -0.25) is 4.79 Å². The lowest BCUT2D eigenvalue weighted by Gasteiger charge is -2.22. The van der Waals surface area contributed by atoms with Crippen molar-refractivity contribution in [2.75, 3.05) is 0 Å². The summed E-state index contributed by atoms with van der Waals surface area (Å²) in [4.78, 5) is 23.6. The Balaban J connectivity index is 2.05. The number of rotatable bonds is 4. The summed E-state index contributed by atoms with van der Waals surface area (Å²) >= 11 is 3.39. The van der Waals surface area contributed by atoms with Crippen molar-refractivity contribution >= 4 is 35.4 Å². The smallest absolute Gasteiger partial charge is 0.331 e. The Morgan fingerprint density at radius 3 is 2.76 bits per heavy atom. The van der Waals surface area contributed by atoms with E-state index >= 15 is 0 Å². The van der Waals surface area contributed by atoms with Crippen LogP contribution in [0.15, 0.2) is 28.7 Å². The summed E-state index contributed by atoms with van der Waals surface area (Å²) in [5, 5.41) is 0. The maximum Gasteiger partial charge on any atom is 0.331 e. The first-order valence-electron chi connectivity index (χ1n) is 5.55. The number of halogens is 1. The Hall–Kier alpha value is -1.10. The van der Waals surface area contributed by atoms with Gasteiger partial charge in [-0.2, -0.15) is 0 Å². The molecule has 1 aliphatic rings. The fraction of sp³-hybridized carbons (Fsp3) is 0.333. The predicted molar refractivity (Wildman–Crippen MR) is 70.2 cm³/mol. The van der Waals surface area contributed by atoms with Gasteiger partial charge in [0.1, 0.15) is 6.19 Å². The zero-order chi connectivity index (χ0) is 12.3. The molecule has 1 heterocycles. The van der Waals surface area contributed by atoms with Crippen LogP contribution in [-0.2, 0) is 16.0 Å². The van der Waals surface area contributed by atoms with Crippen LogP contribution >= 0.6 is 15.9 Å². The Bertz CT molecular complexity index is 421. The second-order valence-corrected chi connectivity index (χ2v) is 5.02. The molecule has 0 saturated carbocycles. The van der Waals surface area contributed by atoms with Crippen LogP contribution in [0.1, 0.15) is 18.4 Å². The maximum absolute atomic E-state index is 11.5. The highest BCUT2D eigenvalue weighted by atomic mass is 79.9. The lowest BCUT2D eigenvalue weighted by Crippen LogP contribution is -2.38. The largest absolute Gasteiger partial charge is 0.380 e. The second kappa shape index (κ2) is 5.49. The van der Waals surface area contributed by atoms with Crippen LogP contribution in [-0.4, -0.2) is 30.4 Å². The van der Waals surface area contributed by atoms with Gasteiger partial charge >= 0.3 is 7.41 Å². The molecule has 87 valence electrons. The molecule has 1 atom stereocenters. The fourth-order valence-corrected chi connectivity index (χ4v) is 2.39. The average Bonchev–Trinajstić information content (AvgIpc) is 2.65. The van der Waals surface area contributed by atoms with E-state index in [4.69, 9.17) is 0 Å². The van der Waals surface area contributed by atoms with Gasteiger partial charge in [0.05, 0.1) is 0 Å². The second-order valence-electron chi connectivity index (χ2n) is 4.11. The molecule has 1 fully saturated rings. The van der Waals surface area contributed by atoms with Crippen molar-refractivity contribution in [3.05, 3.63) is 34.3 Å². The van der Waals surface area contributed by atoms with Crippen LogP contribution in [0.25, 0.3) is 0 Å². The Kier molecular flexibility index (Phi) is 4.00. The van der Waals surface area contributed by atoms with Crippen molar-refractivity contribution in [1.29, 1.82) is 0 Å². The van der Waals surface area contributed by atoms with Gasteiger partial charge in [0.25, 0.3) is 0 Å². The van der Waals surface area contributed by atoms with Crippen molar-refractivity contribution in [3.63, 3.8) is 0 Å². The summed E-state index contributed by atoms with van der Waals surface area (Å²) in [5.74, 6) is 0.0409. The first kappa shape index (κ1) is 12.4. The third-order valence-electron chi connectivity index (χ3n) is 2.98. The lowest BCUT2D eigenvalue weighted by molar-refractivity contribution is -0.124. The Morgan fingerprint density at radius 2 is 2.12 bits per heavy atom. The molecule has 0 bridgehead atoms. The Morgan fingerprint density at radius 1 is 1.41 bits per heavy atom. The summed E-state index contributed by atoms with van der Waals surface area (Å²) in [6, 6.07) is 8.16. The minimum absolute atomic E-state index is 0.0409. The third-order valence-corrected chi connectivity index (χ3v) is 3.51. The Labute approximate surface area is 110 Å². The van der Waals surface area contributed by atoms with Crippen LogP contribution in [0, 0.1) is 0 Å². The van der Waals surface area contributed by atoms with Crippen molar-refractivity contribution < 1.29 is 9.59 Å². The predicted octanol–water partition coefficient (Wildman–Crippen LogP) is 1.79. The average molecular weight is 293 g/mol. The first-order valence-corrected chi connectivity index (χ1v) is 6.34. The number of nitrogens with zero attached hydrogens (tertiary/aromatic N) is 1. The highest BCUT2D eigenvalue weighted by Crippen LogP contribution is 2.21. The molecule has 0 N–H and O–H groups in total. The summed E-state index contributed by atoms with van der Waals surface area (Å²) in [6.07, 6.45) is 2.83. The van der Waals surface area contributed by atoms with E-state index in [-0.39, 0.29) is 11.9 Å². The van der Waals surface area contributed by atoms with Gasteiger partial charge in [-0.1, -0.05) is 28.1 Å². The van der Waals surface area contributed by atoms with E-state index in [0.29, 0.717) is 12.6 Å². The maximum atomic E-state index is 11.5. The zero-order valence-corrected chi connectivity index (χ0v) is 10.9. The molecule has 0 aliphatic carbocycles. The minimum atomic E-state index is 0.0409. The minimum Gasteiger partial charge on any atom is -0.380 e. The van der Waals surface area contributed by atoms with E-state index in [1.54, 1.807) is 4.81 Å². The number of carbonyl (C=O) groups is 2. The molecule has 5 heteroatoms. The molecule has 1 saturated heterocycles. The molecule has 17 heavy (non-hydrogen) atoms. The lowest BCUT2D eigenvalue weighted by atomic mass is 9.91. The van der Waals surface area contributed by atoms with Gasteiger partial charge < -0.3 is 9.61 Å². The van der Waals surface area contributed by atoms with E-state index in [1.807, 2.05) is 24.3 Å². The van der Waals surface area contributed by atoms with E-state index < -0.39 is 0 Å². The van der Waals surface area contributed by atoms with E-state index in [9.17, 15) is 9.59 Å². The van der Waals surface area contributed by atoms with Crippen LogP contribution in [0.2, 0.25) is 0 Å². The molecule has 1 aromatic carbocycles. The van der Waals surface area contributed by atoms with Gasteiger partial charge in [-0.15, -0.1) is 0 Å². The van der Waals surface area contributed by atoms with Crippen molar-refractivity contribution in [1.82, 2.24) is 4.81 Å². The normalized spacial score (nSPS) is 19.5. The molecule has 1 amide bonds. The highest BCUT2D eigenvalue weighted by Gasteiger charge is 2.30. The topological polar surface area (TPSA) is 37.4 Å². The van der Waals surface area contributed by atoms with Crippen LogP contribution < -0.4 is 0 Å². The number of hydrogen-bond donors (Lipinski definition) is 0. The third kappa shape index (κ3) is 2.97. The van der Waals surface area contributed by atoms with Crippen molar-refractivity contribution in [2.24, 2.45) is 0 Å². The molecule has 2 rings (SSSR count). The van der Waals surface area contributed by atoms with Crippen LogP contribution in [0.4, 0.5) is 0 Å². The fourth-order valence-electron chi connectivity index (χ4n) is 2.13. The van der Waals surface area contributed by atoms with Crippen LogP contribution in [0.3, 0.4) is 0 Å². The van der Waals surface area contributed by atoms with E-state index in [0.717, 1.165) is 17.3 Å². The van der Waals surface area contributed by atoms with E-state index in [1.165, 1.54) is 13.0 Å². The monoisotopic (exact) mass is 292 g/mol. The van der Waals surface area contributed by atoms with Gasteiger partial charge in [0, 0.05) is 16.9 Å². The molecule has 0 unspecified atom stereocenters. The molecule has 0 aromatic heterocycles. The number of hydrogen-bond acceptors (Lipinski definition) is 2. The molecule has 1 aliphatic heterocycles. The quantitative estimate of drug-likeness (QED) is 0.627. The van der Waals surface area contributed by atoms with Gasteiger partial charge in [-0.25, -0.2) is 0 Å². The molecular formula is C12H12BBrNO2. The van der Waals surface area contributed by atoms with Crippen molar-refractivity contribution in [2.45, 2.75) is 25.3 Å². The number of benzene rings is 1. The molecule has 3 nitrogen and oxygen atoms in total. The first-order chi connectivity index (χ1) is 8.20. The van der Waals surface area contributed by atoms with Gasteiger partial charge in [0.2, 0.25) is 5.91 Å². The van der Waals surface area contributed by atoms with Gasteiger partial charge in [0.15, 0.2) is 0 Å². The molecule has 0 spiro atoms. The highest BCUT2D eigenvalue weighted by molar-refractivity contribution is 9.10. The number of carbonyl (C=O) groups excluding carboxylic acids is 2. The summed E-state index contributed by atoms with van der Waals surface area (Å²) in [6.45, 7) is 0. The zero-order valence-electron chi connectivity index (χ0n) is 9.30. The standard InChI is InChI=1S/C12H12BBrNO2/c14-10-3-1-9(2-4-10)7-11-5-6-12(17)15(11)13-8-16/h1-4,8,11H,5-7H2/t11-/m0/s1. The van der Waals surface area contributed by atoms with Gasteiger partial charge in [-0.05, 0) is 30.5 Å². The summed E-state index contributed by atoms with van der Waals surface area (Å²) in [7, 11) is 1.35. The number of amides is 1. The van der Waals surface area contributed by atoms with Crippen molar-refractivity contribution in [3.8, 4) is 0 Å². The van der Waals surface area contributed by atoms with Crippen LogP contribution in [0.5, 0.6) is 0 Å².